The van der Waals surface area contributed by atoms with Crippen LogP contribution in [0.3, 0.4) is 0 Å². The summed E-state index contributed by atoms with van der Waals surface area (Å²) in [7, 11) is 1.98. The molecular formula is C16H18N4S. The van der Waals surface area contributed by atoms with Crippen molar-refractivity contribution in [2.24, 2.45) is 0 Å². The standard InChI is InChI=1S/C16H18N4S/c1-12-11-21-16(19-12)8-15(17-2)13-9-18-20(10-13)14-6-4-3-5-7-14/h3-7,9-11,15,17H,8H2,1-2H3. The van der Waals surface area contributed by atoms with Crippen LogP contribution >= 0.6 is 11.3 Å². The van der Waals surface area contributed by atoms with E-state index in [0.717, 1.165) is 22.8 Å². The van der Waals surface area contributed by atoms with Gasteiger partial charge in [-0.2, -0.15) is 5.10 Å². The molecule has 21 heavy (non-hydrogen) atoms. The third kappa shape index (κ3) is 3.20. The largest absolute Gasteiger partial charge is 0.313 e. The fourth-order valence-electron chi connectivity index (χ4n) is 2.30. The number of hydrogen-bond acceptors (Lipinski definition) is 4. The van der Waals surface area contributed by atoms with Crippen LogP contribution in [0.2, 0.25) is 0 Å². The van der Waals surface area contributed by atoms with Gasteiger partial charge < -0.3 is 5.32 Å². The number of rotatable bonds is 5. The first-order valence-corrected chi connectivity index (χ1v) is 7.82. The summed E-state index contributed by atoms with van der Waals surface area (Å²) >= 11 is 1.71. The molecule has 0 amide bonds. The normalized spacial score (nSPS) is 12.5. The molecule has 108 valence electrons. The topological polar surface area (TPSA) is 42.7 Å². The van der Waals surface area contributed by atoms with Crippen molar-refractivity contribution in [2.45, 2.75) is 19.4 Å². The molecule has 1 unspecified atom stereocenters. The first-order chi connectivity index (χ1) is 10.3. The molecule has 0 bridgehead atoms. The number of benzene rings is 1. The van der Waals surface area contributed by atoms with Gasteiger partial charge in [-0.1, -0.05) is 18.2 Å². The number of hydrogen-bond donors (Lipinski definition) is 1. The van der Waals surface area contributed by atoms with E-state index in [1.54, 1.807) is 11.3 Å². The highest BCUT2D eigenvalue weighted by Crippen LogP contribution is 2.21. The molecule has 0 saturated carbocycles. The van der Waals surface area contributed by atoms with Gasteiger partial charge in [0.1, 0.15) is 0 Å². The Labute approximate surface area is 128 Å². The summed E-state index contributed by atoms with van der Waals surface area (Å²) in [6.45, 7) is 2.03. The minimum atomic E-state index is 0.230. The lowest BCUT2D eigenvalue weighted by atomic mass is 10.1. The lowest BCUT2D eigenvalue weighted by Gasteiger charge is -2.12. The van der Waals surface area contributed by atoms with Crippen molar-refractivity contribution in [3.63, 3.8) is 0 Å². The first kappa shape index (κ1) is 14.0. The van der Waals surface area contributed by atoms with Gasteiger partial charge in [-0.15, -0.1) is 11.3 Å². The zero-order chi connectivity index (χ0) is 14.7. The Balaban J connectivity index is 1.80. The van der Waals surface area contributed by atoms with Crippen molar-refractivity contribution in [1.29, 1.82) is 0 Å². The molecule has 0 spiro atoms. The van der Waals surface area contributed by atoms with Gasteiger partial charge in [-0.25, -0.2) is 9.67 Å². The van der Waals surface area contributed by atoms with Gasteiger partial charge in [0.05, 0.1) is 16.9 Å². The molecule has 0 radical (unpaired) electrons. The van der Waals surface area contributed by atoms with Crippen molar-refractivity contribution in [1.82, 2.24) is 20.1 Å². The fraction of sp³-hybridized carbons (Fsp3) is 0.250. The Morgan fingerprint density at radius 3 is 2.76 bits per heavy atom. The molecule has 0 aliphatic rings. The SMILES string of the molecule is CNC(Cc1nc(C)cs1)c1cnn(-c2ccccc2)c1. The summed E-state index contributed by atoms with van der Waals surface area (Å²) in [5.74, 6) is 0. The number of aromatic nitrogens is 3. The third-order valence-electron chi connectivity index (χ3n) is 3.42. The van der Waals surface area contributed by atoms with Crippen LogP contribution in [0, 0.1) is 6.92 Å². The van der Waals surface area contributed by atoms with Crippen LogP contribution in [0.4, 0.5) is 0 Å². The Kier molecular flexibility index (Phi) is 4.13. The monoisotopic (exact) mass is 298 g/mol. The van der Waals surface area contributed by atoms with Gasteiger partial charge in [-0.3, -0.25) is 0 Å². The number of aryl methyl sites for hydroxylation is 1. The molecule has 0 aliphatic carbocycles. The first-order valence-electron chi connectivity index (χ1n) is 6.94. The van der Waals surface area contributed by atoms with E-state index in [4.69, 9.17) is 0 Å². The van der Waals surface area contributed by atoms with Gasteiger partial charge in [0, 0.05) is 35.3 Å². The second-order valence-electron chi connectivity index (χ2n) is 4.98. The van der Waals surface area contributed by atoms with Crippen LogP contribution in [0.25, 0.3) is 5.69 Å². The quantitative estimate of drug-likeness (QED) is 0.787. The fourth-order valence-corrected chi connectivity index (χ4v) is 3.12. The summed E-state index contributed by atoms with van der Waals surface area (Å²) in [5.41, 5.74) is 3.34. The number of nitrogens with zero attached hydrogens (tertiary/aromatic N) is 3. The van der Waals surface area contributed by atoms with E-state index in [1.807, 2.05) is 43.0 Å². The van der Waals surface area contributed by atoms with Gasteiger partial charge in [0.2, 0.25) is 0 Å². The summed E-state index contributed by atoms with van der Waals surface area (Å²) in [6, 6.07) is 10.4. The van der Waals surface area contributed by atoms with E-state index in [0.29, 0.717) is 0 Å². The summed E-state index contributed by atoms with van der Waals surface area (Å²) in [5, 5.41) is 11.1. The third-order valence-corrected chi connectivity index (χ3v) is 4.41. The minimum absolute atomic E-state index is 0.230. The lowest BCUT2D eigenvalue weighted by molar-refractivity contribution is 0.590. The van der Waals surface area contributed by atoms with Crippen molar-refractivity contribution in [2.75, 3.05) is 7.05 Å². The highest BCUT2D eigenvalue weighted by molar-refractivity contribution is 7.09. The molecule has 3 aromatic rings. The Morgan fingerprint density at radius 1 is 1.29 bits per heavy atom. The molecule has 1 atom stereocenters. The molecular weight excluding hydrogens is 280 g/mol. The van der Waals surface area contributed by atoms with E-state index in [2.05, 4.69) is 39.1 Å². The highest BCUT2D eigenvalue weighted by Gasteiger charge is 2.14. The van der Waals surface area contributed by atoms with Crippen molar-refractivity contribution in [3.8, 4) is 5.69 Å². The molecule has 4 nitrogen and oxygen atoms in total. The van der Waals surface area contributed by atoms with Crippen LogP contribution < -0.4 is 5.32 Å². The smallest absolute Gasteiger partial charge is 0.0947 e. The van der Waals surface area contributed by atoms with Gasteiger partial charge in [0.15, 0.2) is 0 Å². The molecule has 1 N–H and O–H groups in total. The lowest BCUT2D eigenvalue weighted by Crippen LogP contribution is -2.18. The maximum absolute atomic E-state index is 4.54. The van der Waals surface area contributed by atoms with Gasteiger partial charge in [-0.05, 0) is 26.1 Å². The molecule has 2 heterocycles. The van der Waals surface area contributed by atoms with Gasteiger partial charge in [0.25, 0.3) is 0 Å². The second-order valence-corrected chi connectivity index (χ2v) is 5.92. The number of nitrogens with one attached hydrogen (secondary N) is 1. The predicted octanol–water partition coefficient (Wildman–Crippen LogP) is 3.14. The van der Waals surface area contributed by atoms with Crippen LogP contribution in [0.15, 0.2) is 48.1 Å². The average Bonchev–Trinajstić information content (AvgIpc) is 3.15. The number of likely N-dealkylation sites (N-methyl/N-ethyl adjacent to an activating group) is 1. The van der Waals surface area contributed by atoms with Crippen molar-refractivity contribution in [3.05, 3.63) is 64.4 Å². The Morgan fingerprint density at radius 2 is 2.10 bits per heavy atom. The zero-order valence-corrected chi connectivity index (χ0v) is 13.0. The minimum Gasteiger partial charge on any atom is -0.313 e. The molecule has 0 saturated heterocycles. The van der Waals surface area contributed by atoms with E-state index in [9.17, 15) is 0 Å². The molecule has 0 aliphatic heterocycles. The van der Waals surface area contributed by atoms with Crippen LogP contribution in [-0.2, 0) is 6.42 Å². The van der Waals surface area contributed by atoms with Crippen molar-refractivity contribution < 1.29 is 0 Å². The summed E-state index contributed by atoms with van der Waals surface area (Å²) in [4.78, 5) is 4.54. The Hall–Kier alpha value is -1.98. The predicted molar refractivity (Wildman–Crippen MR) is 85.9 cm³/mol. The molecule has 5 heteroatoms. The summed E-state index contributed by atoms with van der Waals surface area (Å²) in [6.07, 6.45) is 4.89. The molecule has 0 fully saturated rings. The Bertz CT molecular complexity index is 702. The average molecular weight is 298 g/mol. The van der Waals surface area contributed by atoms with Crippen molar-refractivity contribution >= 4 is 11.3 Å². The van der Waals surface area contributed by atoms with Crippen LogP contribution in [0.5, 0.6) is 0 Å². The second kappa shape index (κ2) is 6.20. The van der Waals surface area contributed by atoms with E-state index in [1.165, 1.54) is 5.56 Å². The number of para-hydroxylation sites is 1. The zero-order valence-electron chi connectivity index (χ0n) is 12.2. The highest BCUT2D eigenvalue weighted by atomic mass is 32.1. The maximum atomic E-state index is 4.54. The van der Waals surface area contributed by atoms with E-state index in [-0.39, 0.29) is 6.04 Å². The van der Waals surface area contributed by atoms with E-state index >= 15 is 0 Å². The van der Waals surface area contributed by atoms with Crippen LogP contribution in [-0.4, -0.2) is 21.8 Å². The van der Waals surface area contributed by atoms with Crippen LogP contribution in [0.1, 0.15) is 22.3 Å². The molecule has 1 aromatic carbocycles. The maximum Gasteiger partial charge on any atom is 0.0947 e. The number of thiazole rings is 1. The van der Waals surface area contributed by atoms with E-state index < -0.39 is 0 Å². The summed E-state index contributed by atoms with van der Waals surface area (Å²) < 4.78 is 1.91. The molecule has 2 aromatic heterocycles. The molecule has 3 rings (SSSR count). The van der Waals surface area contributed by atoms with Gasteiger partial charge >= 0.3 is 0 Å².